The van der Waals surface area contributed by atoms with Crippen molar-refractivity contribution in [3.05, 3.63) is 40.3 Å². The Labute approximate surface area is 128 Å². The summed E-state index contributed by atoms with van der Waals surface area (Å²) in [6.45, 7) is 2.79. The van der Waals surface area contributed by atoms with Crippen molar-refractivity contribution in [3.63, 3.8) is 0 Å². The van der Waals surface area contributed by atoms with Crippen LogP contribution in [0.3, 0.4) is 0 Å². The molecule has 1 atom stereocenters. The Morgan fingerprint density at radius 1 is 1.48 bits per heavy atom. The second-order valence-corrected chi connectivity index (χ2v) is 6.19. The summed E-state index contributed by atoms with van der Waals surface area (Å²) < 4.78 is 7.27. The summed E-state index contributed by atoms with van der Waals surface area (Å²) in [4.78, 5) is 14.5. The van der Waals surface area contributed by atoms with Gasteiger partial charge in [0.05, 0.1) is 25.3 Å². The number of hydrogen-bond donors (Lipinski definition) is 0. The third-order valence-electron chi connectivity index (χ3n) is 3.76. The van der Waals surface area contributed by atoms with Crippen LogP contribution in [-0.4, -0.2) is 40.8 Å². The lowest BCUT2D eigenvalue weighted by Gasteiger charge is -2.23. The molecule has 112 valence electrons. The number of amides is 1. The van der Waals surface area contributed by atoms with Crippen LogP contribution in [0.25, 0.3) is 0 Å². The van der Waals surface area contributed by atoms with Crippen LogP contribution in [0.4, 0.5) is 0 Å². The van der Waals surface area contributed by atoms with E-state index >= 15 is 0 Å². The number of aromatic nitrogens is 2. The fraction of sp³-hybridized carbons (Fsp3) is 0.467. The number of nitrogens with zero attached hydrogens (tertiary/aromatic N) is 3. The van der Waals surface area contributed by atoms with Crippen LogP contribution in [0.15, 0.2) is 29.1 Å². The van der Waals surface area contributed by atoms with Gasteiger partial charge in [0.25, 0.3) is 0 Å². The molecule has 2 aromatic rings. The summed E-state index contributed by atoms with van der Waals surface area (Å²) >= 11 is 1.63. The van der Waals surface area contributed by atoms with Crippen molar-refractivity contribution in [2.24, 2.45) is 5.92 Å². The van der Waals surface area contributed by atoms with Crippen LogP contribution in [0.2, 0.25) is 0 Å². The Morgan fingerprint density at radius 3 is 3.14 bits per heavy atom. The molecule has 6 heteroatoms. The maximum atomic E-state index is 12.6. The molecule has 0 radical (unpaired) electrons. The highest BCUT2D eigenvalue weighted by Gasteiger charge is 2.25. The standard InChI is InChI=1S/C15H19N3O2S/c1-20-10-13-7-17(9-14-2-4-16-18(14)8-13)15(19)6-12-3-5-21-11-12/h2-5,11,13H,6-10H2,1H3/t13-/m0/s1. The minimum atomic E-state index is 0.171. The molecule has 1 aliphatic heterocycles. The summed E-state index contributed by atoms with van der Waals surface area (Å²) in [5, 5.41) is 8.39. The first-order valence-corrected chi connectivity index (χ1v) is 7.99. The second kappa shape index (κ2) is 6.41. The topological polar surface area (TPSA) is 47.4 Å². The zero-order valence-corrected chi connectivity index (χ0v) is 12.9. The maximum absolute atomic E-state index is 12.6. The molecule has 21 heavy (non-hydrogen) atoms. The Balaban J connectivity index is 1.75. The van der Waals surface area contributed by atoms with Gasteiger partial charge in [-0.3, -0.25) is 9.48 Å². The predicted molar refractivity (Wildman–Crippen MR) is 81.0 cm³/mol. The van der Waals surface area contributed by atoms with Gasteiger partial charge in [0, 0.05) is 32.3 Å². The Hall–Kier alpha value is -1.66. The van der Waals surface area contributed by atoms with Gasteiger partial charge in [0.1, 0.15) is 0 Å². The molecule has 3 rings (SSSR count). The molecule has 5 nitrogen and oxygen atoms in total. The fourth-order valence-corrected chi connectivity index (χ4v) is 3.41. The van der Waals surface area contributed by atoms with Gasteiger partial charge in [-0.2, -0.15) is 16.4 Å². The van der Waals surface area contributed by atoms with Gasteiger partial charge in [-0.25, -0.2) is 0 Å². The molecule has 3 heterocycles. The summed E-state index contributed by atoms with van der Waals surface area (Å²) in [5.41, 5.74) is 2.18. The molecule has 0 spiro atoms. The molecule has 0 aromatic carbocycles. The van der Waals surface area contributed by atoms with Crippen LogP contribution in [0.1, 0.15) is 11.3 Å². The van der Waals surface area contributed by atoms with Crippen LogP contribution in [0, 0.1) is 5.92 Å². The third kappa shape index (κ3) is 3.33. The molecule has 1 amide bonds. The normalized spacial score (nSPS) is 18.3. The Kier molecular flexibility index (Phi) is 4.36. The Bertz CT molecular complexity index is 594. The van der Waals surface area contributed by atoms with Crippen LogP contribution >= 0.6 is 11.3 Å². The minimum Gasteiger partial charge on any atom is -0.384 e. The van der Waals surface area contributed by atoms with Crippen molar-refractivity contribution >= 4 is 17.2 Å². The highest BCUT2D eigenvalue weighted by atomic mass is 32.1. The van der Waals surface area contributed by atoms with Gasteiger partial charge in [-0.15, -0.1) is 0 Å². The lowest BCUT2D eigenvalue weighted by Crippen LogP contribution is -2.36. The van der Waals surface area contributed by atoms with E-state index in [0.29, 0.717) is 19.6 Å². The summed E-state index contributed by atoms with van der Waals surface area (Å²) in [6, 6.07) is 4.00. The number of ether oxygens (including phenoxy) is 1. The van der Waals surface area contributed by atoms with E-state index in [1.54, 1.807) is 24.6 Å². The maximum Gasteiger partial charge on any atom is 0.227 e. The Morgan fingerprint density at radius 2 is 2.38 bits per heavy atom. The van der Waals surface area contributed by atoms with Crippen molar-refractivity contribution in [2.45, 2.75) is 19.5 Å². The van der Waals surface area contributed by atoms with E-state index in [0.717, 1.165) is 24.3 Å². The highest BCUT2D eigenvalue weighted by Crippen LogP contribution is 2.18. The molecule has 0 fully saturated rings. The number of hydrogen-bond acceptors (Lipinski definition) is 4. The van der Waals surface area contributed by atoms with E-state index in [1.165, 1.54) is 0 Å². The van der Waals surface area contributed by atoms with Gasteiger partial charge in [0.15, 0.2) is 0 Å². The van der Waals surface area contributed by atoms with Gasteiger partial charge in [0.2, 0.25) is 5.91 Å². The number of fused-ring (bicyclic) bond motifs is 1. The van der Waals surface area contributed by atoms with E-state index in [1.807, 2.05) is 32.5 Å². The molecular weight excluding hydrogens is 286 g/mol. The van der Waals surface area contributed by atoms with Crippen molar-refractivity contribution < 1.29 is 9.53 Å². The highest BCUT2D eigenvalue weighted by molar-refractivity contribution is 7.07. The van der Waals surface area contributed by atoms with Crippen molar-refractivity contribution in [2.75, 3.05) is 20.3 Å². The SMILES string of the molecule is COC[C@H]1CN(C(=O)Cc2ccsc2)Cc2ccnn2C1. The number of methoxy groups -OCH3 is 1. The number of carbonyl (C=O) groups excluding carboxylic acids is 1. The van der Waals surface area contributed by atoms with Gasteiger partial charge >= 0.3 is 0 Å². The van der Waals surface area contributed by atoms with Crippen molar-refractivity contribution in [3.8, 4) is 0 Å². The molecule has 0 bridgehead atoms. The van der Waals surface area contributed by atoms with Gasteiger partial charge in [-0.05, 0) is 28.5 Å². The third-order valence-corrected chi connectivity index (χ3v) is 4.49. The number of thiophene rings is 1. The fourth-order valence-electron chi connectivity index (χ4n) is 2.74. The molecule has 0 saturated carbocycles. The zero-order valence-electron chi connectivity index (χ0n) is 12.1. The molecule has 0 unspecified atom stereocenters. The number of carbonyl (C=O) groups is 1. The van der Waals surface area contributed by atoms with Gasteiger partial charge < -0.3 is 9.64 Å². The first kappa shape index (κ1) is 14.3. The van der Waals surface area contributed by atoms with E-state index in [4.69, 9.17) is 4.74 Å². The monoisotopic (exact) mass is 305 g/mol. The number of rotatable bonds is 4. The van der Waals surface area contributed by atoms with E-state index in [-0.39, 0.29) is 11.8 Å². The summed E-state index contributed by atoms with van der Waals surface area (Å²) in [7, 11) is 1.70. The minimum absolute atomic E-state index is 0.171. The second-order valence-electron chi connectivity index (χ2n) is 5.41. The first-order valence-electron chi connectivity index (χ1n) is 7.04. The molecule has 1 aliphatic rings. The molecule has 0 saturated heterocycles. The summed E-state index contributed by atoms with van der Waals surface area (Å²) in [5.74, 6) is 0.451. The van der Waals surface area contributed by atoms with E-state index in [9.17, 15) is 4.79 Å². The lowest BCUT2D eigenvalue weighted by atomic mass is 10.1. The van der Waals surface area contributed by atoms with E-state index < -0.39 is 0 Å². The van der Waals surface area contributed by atoms with Crippen LogP contribution < -0.4 is 0 Å². The quantitative estimate of drug-likeness (QED) is 0.865. The lowest BCUT2D eigenvalue weighted by molar-refractivity contribution is -0.131. The van der Waals surface area contributed by atoms with Crippen LogP contribution in [-0.2, 0) is 29.0 Å². The van der Waals surface area contributed by atoms with E-state index in [2.05, 4.69) is 5.10 Å². The zero-order chi connectivity index (χ0) is 14.7. The average Bonchev–Trinajstić information content (AvgIpc) is 3.08. The van der Waals surface area contributed by atoms with Crippen LogP contribution in [0.5, 0.6) is 0 Å². The van der Waals surface area contributed by atoms with Crippen molar-refractivity contribution in [1.82, 2.24) is 14.7 Å². The largest absolute Gasteiger partial charge is 0.384 e. The molecule has 0 N–H and O–H groups in total. The smallest absolute Gasteiger partial charge is 0.227 e. The molecule has 0 aliphatic carbocycles. The summed E-state index contributed by atoms with van der Waals surface area (Å²) in [6.07, 6.45) is 2.27. The molecule has 2 aromatic heterocycles. The first-order chi connectivity index (χ1) is 10.3. The molecular formula is C15H19N3O2S. The predicted octanol–water partition coefficient (Wildman–Crippen LogP) is 1.79. The van der Waals surface area contributed by atoms with Gasteiger partial charge in [-0.1, -0.05) is 0 Å². The van der Waals surface area contributed by atoms with Crippen molar-refractivity contribution in [1.29, 1.82) is 0 Å². The average molecular weight is 305 g/mol.